The van der Waals surface area contributed by atoms with Crippen molar-refractivity contribution in [1.29, 1.82) is 0 Å². The molecule has 4 heteroatoms. The van der Waals surface area contributed by atoms with Gasteiger partial charge in [-0.2, -0.15) is 0 Å². The van der Waals surface area contributed by atoms with Crippen molar-refractivity contribution in [3.8, 4) is 0 Å². The zero-order valence-electron chi connectivity index (χ0n) is 5.50. The topological polar surface area (TPSA) is 54.5 Å². The summed E-state index contributed by atoms with van der Waals surface area (Å²) in [7, 11) is 0. The van der Waals surface area contributed by atoms with E-state index in [-0.39, 0.29) is 1.43 Å². The second-order valence-electron chi connectivity index (χ2n) is 2.05. The van der Waals surface area contributed by atoms with Crippen molar-refractivity contribution < 1.29 is 1.43 Å². The Morgan fingerprint density at radius 2 is 2.20 bits per heavy atom. The second-order valence-corrected chi connectivity index (χ2v) is 2.05. The first-order valence-corrected chi connectivity index (χ1v) is 2.99. The van der Waals surface area contributed by atoms with E-state index < -0.39 is 0 Å². The van der Waals surface area contributed by atoms with Crippen molar-refractivity contribution in [3.05, 3.63) is 18.2 Å². The number of rotatable bonds is 0. The molecule has 0 aliphatic carbocycles. The summed E-state index contributed by atoms with van der Waals surface area (Å²) in [5, 5.41) is 0. The van der Waals surface area contributed by atoms with Gasteiger partial charge in [0.2, 0.25) is 0 Å². The highest BCUT2D eigenvalue weighted by atomic mass is 15.0. The molecule has 10 heavy (non-hydrogen) atoms. The molecule has 4 nitrogen and oxygen atoms in total. The summed E-state index contributed by atoms with van der Waals surface area (Å²) in [6, 6.07) is 0. The molecule has 0 radical (unpaired) electrons. The Kier molecular flexibility index (Phi) is 0.943. The Labute approximate surface area is 58.8 Å². The van der Waals surface area contributed by atoms with E-state index in [4.69, 9.17) is 0 Å². The first-order valence-electron chi connectivity index (χ1n) is 2.99. The number of aromatic nitrogens is 4. The van der Waals surface area contributed by atoms with Gasteiger partial charge in [0, 0.05) is 13.8 Å². The molecule has 0 aliphatic heterocycles. The molecule has 2 aromatic rings. The number of aryl methyl sites for hydroxylation is 1. The van der Waals surface area contributed by atoms with Crippen LogP contribution in [-0.2, 0) is 0 Å². The monoisotopic (exact) mass is 136 g/mol. The lowest BCUT2D eigenvalue weighted by molar-refractivity contribution is 1.16. The Bertz CT molecular complexity index is 323. The number of hydrogen-bond donors (Lipinski definition) is 1. The van der Waals surface area contributed by atoms with Gasteiger partial charge in [0.1, 0.15) is 5.82 Å². The molecule has 0 aromatic carbocycles. The van der Waals surface area contributed by atoms with Crippen LogP contribution < -0.4 is 0 Å². The number of nitrogens with one attached hydrogen (secondary N) is 1. The van der Waals surface area contributed by atoms with Crippen LogP contribution in [-0.4, -0.2) is 19.9 Å². The van der Waals surface area contributed by atoms with Gasteiger partial charge in [-0.15, -0.1) is 0 Å². The third-order valence-corrected chi connectivity index (χ3v) is 1.25. The third-order valence-electron chi connectivity index (χ3n) is 1.25. The van der Waals surface area contributed by atoms with E-state index in [1.807, 2.05) is 6.92 Å². The van der Waals surface area contributed by atoms with Crippen molar-refractivity contribution >= 4 is 11.3 Å². The van der Waals surface area contributed by atoms with Gasteiger partial charge in [-0.25, -0.2) is 15.0 Å². The normalized spacial score (nSPS) is 10.5. The Morgan fingerprint density at radius 3 is 3.00 bits per heavy atom. The van der Waals surface area contributed by atoms with Crippen molar-refractivity contribution in [2.75, 3.05) is 0 Å². The lowest BCUT2D eigenvalue weighted by atomic mass is 10.7. The Hall–Kier alpha value is -1.45. The van der Waals surface area contributed by atoms with E-state index in [1.165, 1.54) is 0 Å². The van der Waals surface area contributed by atoms with Crippen LogP contribution in [0.5, 0.6) is 0 Å². The molecule has 2 heterocycles. The minimum atomic E-state index is 0. The summed E-state index contributed by atoms with van der Waals surface area (Å²) in [4.78, 5) is 15.1. The molecule has 0 bridgehead atoms. The zero-order valence-corrected chi connectivity index (χ0v) is 5.50. The van der Waals surface area contributed by atoms with Gasteiger partial charge in [-0.3, -0.25) is 0 Å². The average molecular weight is 136 g/mol. The first-order chi connectivity index (χ1) is 4.86. The van der Waals surface area contributed by atoms with Crippen LogP contribution in [0.25, 0.3) is 11.3 Å². The summed E-state index contributed by atoms with van der Waals surface area (Å²) in [5.41, 5.74) is 1.43. The maximum Gasteiger partial charge on any atom is 0.197 e. The fourth-order valence-electron chi connectivity index (χ4n) is 0.859. The Morgan fingerprint density at radius 1 is 1.40 bits per heavy atom. The zero-order chi connectivity index (χ0) is 6.97. The molecule has 0 saturated heterocycles. The summed E-state index contributed by atoms with van der Waals surface area (Å²) in [5.74, 6) is 0.848. The molecule has 0 atom stereocenters. The molecule has 2 rings (SSSR count). The summed E-state index contributed by atoms with van der Waals surface area (Å²) in [6.45, 7) is 1.88. The van der Waals surface area contributed by atoms with Gasteiger partial charge < -0.3 is 4.98 Å². The molecule has 52 valence electrons. The molecule has 0 amide bonds. The van der Waals surface area contributed by atoms with Crippen LogP contribution in [0.4, 0.5) is 0 Å². The van der Waals surface area contributed by atoms with Gasteiger partial charge in [-0.05, 0) is 6.92 Å². The van der Waals surface area contributed by atoms with Gasteiger partial charge in [0.15, 0.2) is 11.3 Å². The van der Waals surface area contributed by atoms with E-state index in [0.717, 1.165) is 11.5 Å². The highest BCUT2D eigenvalue weighted by molar-refractivity contribution is 5.64. The van der Waals surface area contributed by atoms with E-state index >= 15 is 0 Å². The van der Waals surface area contributed by atoms with Crippen molar-refractivity contribution in [3.63, 3.8) is 0 Å². The second kappa shape index (κ2) is 1.76. The van der Waals surface area contributed by atoms with Gasteiger partial charge >= 0.3 is 0 Å². The predicted octanol–water partition coefficient (Wildman–Crippen LogP) is 0.907. The largest absolute Gasteiger partial charge is 0.325 e. The number of imidazole rings is 1. The number of fused-ring (bicyclic) bond motifs is 1. The average Bonchev–Trinajstić information content (AvgIpc) is 2.27. The maximum atomic E-state index is 4.08. The van der Waals surface area contributed by atoms with Crippen molar-refractivity contribution in [2.45, 2.75) is 6.92 Å². The molecule has 0 aliphatic rings. The number of hydrogen-bond acceptors (Lipinski definition) is 3. The molecule has 2 aromatic heterocycles. The van der Waals surface area contributed by atoms with E-state index in [2.05, 4.69) is 19.9 Å². The summed E-state index contributed by atoms with van der Waals surface area (Å²) >= 11 is 0. The SMILES string of the molecule is Cc1nc2nccnc2[nH]1.[HH]. The van der Waals surface area contributed by atoms with Crippen LogP contribution in [0.15, 0.2) is 12.4 Å². The fraction of sp³-hybridized carbons (Fsp3) is 0.167. The van der Waals surface area contributed by atoms with Crippen LogP contribution in [0.1, 0.15) is 7.25 Å². The van der Waals surface area contributed by atoms with Crippen LogP contribution in [0.3, 0.4) is 0 Å². The molecule has 0 fully saturated rings. The van der Waals surface area contributed by atoms with E-state index in [9.17, 15) is 0 Å². The summed E-state index contributed by atoms with van der Waals surface area (Å²) < 4.78 is 0. The van der Waals surface area contributed by atoms with Gasteiger partial charge in [0.25, 0.3) is 0 Å². The minimum absolute atomic E-state index is 0. The van der Waals surface area contributed by atoms with Crippen LogP contribution >= 0.6 is 0 Å². The highest BCUT2D eigenvalue weighted by Gasteiger charge is 1.97. The van der Waals surface area contributed by atoms with Crippen molar-refractivity contribution in [1.82, 2.24) is 19.9 Å². The quantitative estimate of drug-likeness (QED) is 0.585. The lowest BCUT2D eigenvalue weighted by Gasteiger charge is -1.80. The summed E-state index contributed by atoms with van der Waals surface area (Å²) in [6.07, 6.45) is 3.27. The molecular formula is C6H8N4. The standard InChI is InChI=1S/C6H6N4.H2/c1-4-9-5-6(10-4)8-3-2-7-5;/h2-3H,1H3,(H,7,8,9,10);1H. The smallest absolute Gasteiger partial charge is 0.197 e. The molecule has 1 N–H and O–H groups in total. The maximum absolute atomic E-state index is 4.08. The third kappa shape index (κ3) is 0.655. The van der Waals surface area contributed by atoms with E-state index in [0.29, 0.717) is 5.65 Å². The van der Waals surface area contributed by atoms with E-state index in [1.54, 1.807) is 12.4 Å². The molecule has 0 saturated carbocycles. The predicted molar refractivity (Wildman–Crippen MR) is 38.5 cm³/mol. The fourth-order valence-corrected chi connectivity index (χ4v) is 0.859. The number of nitrogens with zero attached hydrogens (tertiary/aromatic N) is 3. The van der Waals surface area contributed by atoms with Crippen molar-refractivity contribution in [2.24, 2.45) is 0 Å². The van der Waals surface area contributed by atoms with Crippen LogP contribution in [0.2, 0.25) is 0 Å². The number of H-pyrrole nitrogens is 1. The molecule has 0 unspecified atom stereocenters. The molecule has 0 spiro atoms. The lowest BCUT2D eigenvalue weighted by Crippen LogP contribution is -1.77. The molecular weight excluding hydrogens is 128 g/mol. The van der Waals surface area contributed by atoms with Gasteiger partial charge in [-0.1, -0.05) is 0 Å². The highest BCUT2D eigenvalue weighted by Crippen LogP contribution is 2.01. The van der Waals surface area contributed by atoms with Gasteiger partial charge in [0.05, 0.1) is 0 Å². The first kappa shape index (κ1) is 5.34. The Balaban J connectivity index is 0.000000605. The van der Waals surface area contributed by atoms with Crippen LogP contribution in [0, 0.1) is 6.92 Å². The number of aromatic amines is 1. The minimum Gasteiger partial charge on any atom is -0.325 e.